The third-order valence-corrected chi connectivity index (χ3v) is 3.80. The van der Waals surface area contributed by atoms with E-state index in [1.165, 1.54) is 16.8 Å². The minimum absolute atomic E-state index is 0.0898. The number of nitrogens with one attached hydrogen (secondary N) is 2. The molecular weight excluding hydrogens is 328 g/mol. The van der Waals surface area contributed by atoms with Crippen molar-refractivity contribution in [3.63, 3.8) is 0 Å². The molecule has 4 N–H and O–H groups in total. The van der Waals surface area contributed by atoms with Crippen molar-refractivity contribution in [2.24, 2.45) is 0 Å². The highest BCUT2D eigenvalue weighted by atomic mass is 16.5. The number of nitrogens with zero attached hydrogens (tertiary/aromatic N) is 2. The van der Waals surface area contributed by atoms with E-state index in [2.05, 4.69) is 15.6 Å². The lowest BCUT2D eigenvalue weighted by molar-refractivity contribution is -0.0458. The molecule has 0 radical (unpaired) electrons. The number of carbonyl (C=O) groups excluding carboxylic acids is 1. The Kier molecular flexibility index (Phi) is 5.08. The molecule has 0 bridgehead atoms. The fourth-order valence-electron chi connectivity index (χ4n) is 2.55. The van der Waals surface area contributed by atoms with Crippen molar-refractivity contribution >= 4 is 17.5 Å². The van der Waals surface area contributed by atoms with Crippen LogP contribution in [0.3, 0.4) is 0 Å². The molecule has 25 heavy (non-hydrogen) atoms. The quantitative estimate of drug-likeness (QED) is 0.640. The summed E-state index contributed by atoms with van der Waals surface area (Å²) >= 11 is 0. The van der Waals surface area contributed by atoms with Crippen molar-refractivity contribution in [3.8, 4) is 0 Å². The summed E-state index contributed by atoms with van der Waals surface area (Å²) < 4.78 is 6.62. The topological polar surface area (TPSA) is 126 Å². The predicted octanol–water partition coefficient (Wildman–Crippen LogP) is 0.528. The summed E-state index contributed by atoms with van der Waals surface area (Å²) in [5.74, 6) is 0.0898. The Morgan fingerprint density at radius 3 is 2.68 bits per heavy atom. The number of urea groups is 1. The smallest absolute Gasteiger partial charge is 0.351 e. The van der Waals surface area contributed by atoms with E-state index in [9.17, 15) is 14.7 Å². The largest absolute Gasteiger partial charge is 0.394 e. The number of hydrogen-bond acceptors (Lipinski definition) is 6. The molecule has 0 spiro atoms. The van der Waals surface area contributed by atoms with Gasteiger partial charge in [-0.3, -0.25) is 9.88 Å². The summed E-state index contributed by atoms with van der Waals surface area (Å²) in [6.45, 7) is -0.334. The zero-order valence-corrected chi connectivity index (χ0v) is 13.2. The number of benzene rings is 1. The van der Waals surface area contributed by atoms with Crippen LogP contribution in [0.15, 0.2) is 47.4 Å². The van der Waals surface area contributed by atoms with Gasteiger partial charge in [0.05, 0.1) is 12.7 Å². The lowest BCUT2D eigenvalue weighted by Crippen LogP contribution is -2.29. The zero-order valence-electron chi connectivity index (χ0n) is 13.2. The maximum atomic E-state index is 12.1. The third kappa shape index (κ3) is 4.02. The Bertz CT molecular complexity index is 795. The van der Waals surface area contributed by atoms with Crippen LogP contribution in [0.4, 0.5) is 16.3 Å². The molecule has 3 atom stereocenters. The first-order valence-electron chi connectivity index (χ1n) is 7.73. The Morgan fingerprint density at radius 2 is 2.04 bits per heavy atom. The maximum Gasteiger partial charge on any atom is 0.351 e. The first-order valence-corrected chi connectivity index (χ1v) is 7.73. The molecule has 1 aliphatic heterocycles. The van der Waals surface area contributed by atoms with Crippen LogP contribution in [0, 0.1) is 0 Å². The van der Waals surface area contributed by atoms with Gasteiger partial charge in [-0.25, -0.2) is 9.59 Å². The van der Waals surface area contributed by atoms with Crippen molar-refractivity contribution in [1.29, 1.82) is 0 Å². The van der Waals surface area contributed by atoms with E-state index >= 15 is 0 Å². The third-order valence-electron chi connectivity index (χ3n) is 3.80. The SMILES string of the molecule is O=C(Nc1ccccc1)Nc1ccn([C@H]2C[C@H](O)[C@@H](CO)O2)c(=O)n1. The fourth-order valence-corrected chi connectivity index (χ4v) is 2.55. The number of amides is 2. The van der Waals surface area contributed by atoms with E-state index in [0.29, 0.717) is 5.69 Å². The van der Waals surface area contributed by atoms with Crippen molar-refractivity contribution in [3.05, 3.63) is 53.1 Å². The number of ether oxygens (including phenoxy) is 1. The monoisotopic (exact) mass is 346 g/mol. The molecule has 0 aliphatic carbocycles. The van der Waals surface area contributed by atoms with Gasteiger partial charge in [-0.05, 0) is 18.2 Å². The first-order chi connectivity index (χ1) is 12.1. The van der Waals surface area contributed by atoms with E-state index in [1.54, 1.807) is 24.3 Å². The molecule has 9 heteroatoms. The summed E-state index contributed by atoms with van der Waals surface area (Å²) in [6.07, 6.45) is -0.694. The van der Waals surface area contributed by atoms with E-state index in [1.807, 2.05) is 6.07 Å². The van der Waals surface area contributed by atoms with Crippen LogP contribution in [0.1, 0.15) is 12.6 Å². The standard InChI is InChI=1S/C16H18N4O5/c21-9-12-11(22)8-14(25-12)20-7-6-13(19-16(20)24)18-15(23)17-10-4-2-1-3-5-10/h1-7,11-12,14,21-22H,8-9H2,(H2,17,18,19,23,24)/t11-,12+,14+/m0/s1. The molecule has 2 aromatic rings. The van der Waals surface area contributed by atoms with Crippen LogP contribution in [-0.4, -0.2) is 44.6 Å². The lowest BCUT2D eigenvalue weighted by atomic mass is 10.2. The molecule has 1 aromatic carbocycles. The van der Waals surface area contributed by atoms with Crippen LogP contribution in [0.25, 0.3) is 0 Å². The Morgan fingerprint density at radius 1 is 1.28 bits per heavy atom. The first kappa shape index (κ1) is 17.1. The van der Waals surface area contributed by atoms with Gasteiger partial charge in [-0.15, -0.1) is 0 Å². The van der Waals surface area contributed by atoms with Gasteiger partial charge in [0.2, 0.25) is 0 Å². The number of hydrogen-bond donors (Lipinski definition) is 4. The van der Waals surface area contributed by atoms with Crippen molar-refractivity contribution in [2.45, 2.75) is 24.9 Å². The van der Waals surface area contributed by atoms with Crippen LogP contribution < -0.4 is 16.3 Å². The second-order valence-corrected chi connectivity index (χ2v) is 5.56. The van der Waals surface area contributed by atoms with Gasteiger partial charge >= 0.3 is 11.7 Å². The summed E-state index contributed by atoms with van der Waals surface area (Å²) in [4.78, 5) is 27.8. The average Bonchev–Trinajstić information content (AvgIpc) is 2.96. The van der Waals surface area contributed by atoms with E-state index in [0.717, 1.165) is 0 Å². The molecule has 1 saturated heterocycles. The second kappa shape index (κ2) is 7.43. The highest BCUT2D eigenvalue weighted by Gasteiger charge is 2.34. The highest BCUT2D eigenvalue weighted by Crippen LogP contribution is 2.27. The van der Waals surface area contributed by atoms with Crippen LogP contribution in [-0.2, 0) is 4.74 Å². The second-order valence-electron chi connectivity index (χ2n) is 5.56. The van der Waals surface area contributed by atoms with Gasteiger partial charge in [-0.2, -0.15) is 4.98 Å². The fraction of sp³-hybridized carbons (Fsp3) is 0.312. The lowest BCUT2D eigenvalue weighted by Gasteiger charge is -2.14. The number of aromatic nitrogens is 2. The van der Waals surface area contributed by atoms with Crippen LogP contribution >= 0.6 is 0 Å². The highest BCUT2D eigenvalue weighted by molar-refractivity contribution is 5.99. The number of para-hydroxylation sites is 1. The van der Waals surface area contributed by atoms with Crippen molar-refractivity contribution in [1.82, 2.24) is 9.55 Å². The van der Waals surface area contributed by atoms with Gasteiger partial charge in [0.25, 0.3) is 0 Å². The predicted molar refractivity (Wildman–Crippen MR) is 89.2 cm³/mol. The van der Waals surface area contributed by atoms with E-state index < -0.39 is 30.2 Å². The molecule has 1 fully saturated rings. The summed E-state index contributed by atoms with van der Waals surface area (Å²) in [7, 11) is 0. The van der Waals surface area contributed by atoms with Crippen LogP contribution in [0.2, 0.25) is 0 Å². The molecule has 2 amide bonds. The van der Waals surface area contributed by atoms with Crippen molar-refractivity contribution < 1.29 is 19.7 Å². The minimum atomic E-state index is -0.851. The van der Waals surface area contributed by atoms with Gasteiger partial charge in [0.1, 0.15) is 18.1 Å². The maximum absolute atomic E-state index is 12.1. The van der Waals surface area contributed by atoms with Crippen LogP contribution in [0.5, 0.6) is 0 Å². The Labute approximate surface area is 142 Å². The number of carbonyl (C=O) groups is 1. The average molecular weight is 346 g/mol. The van der Waals surface area contributed by atoms with E-state index in [-0.39, 0.29) is 18.8 Å². The summed E-state index contributed by atoms with van der Waals surface area (Å²) in [5.41, 5.74) is -0.0231. The van der Waals surface area contributed by atoms with Crippen molar-refractivity contribution in [2.75, 3.05) is 17.2 Å². The normalized spacial score (nSPS) is 22.6. The van der Waals surface area contributed by atoms with Gasteiger partial charge < -0.3 is 20.3 Å². The number of anilines is 2. The van der Waals surface area contributed by atoms with Gasteiger partial charge in [0.15, 0.2) is 0 Å². The molecule has 132 valence electrons. The zero-order chi connectivity index (χ0) is 17.8. The molecule has 1 aromatic heterocycles. The Hall–Kier alpha value is -2.75. The molecule has 9 nitrogen and oxygen atoms in total. The molecule has 0 unspecified atom stereocenters. The number of aliphatic hydroxyl groups excluding tert-OH is 2. The molecule has 0 saturated carbocycles. The van der Waals surface area contributed by atoms with Gasteiger partial charge in [-0.1, -0.05) is 18.2 Å². The molecular formula is C16H18N4O5. The van der Waals surface area contributed by atoms with E-state index in [4.69, 9.17) is 9.84 Å². The summed E-state index contributed by atoms with van der Waals surface area (Å²) in [6, 6.07) is 9.77. The molecule has 2 heterocycles. The molecule has 1 aliphatic rings. The molecule has 3 rings (SSSR count). The number of aliphatic hydroxyl groups is 2. The summed E-state index contributed by atoms with van der Waals surface area (Å²) in [5, 5.41) is 23.9. The number of rotatable bonds is 4. The minimum Gasteiger partial charge on any atom is -0.394 e. The van der Waals surface area contributed by atoms with Gasteiger partial charge in [0, 0.05) is 18.3 Å². The Balaban J connectivity index is 1.66.